The third-order valence-corrected chi connectivity index (χ3v) is 3.54. The Morgan fingerprint density at radius 3 is 2.35 bits per heavy atom. The number of hydrogen-bond donors (Lipinski definition) is 0. The van der Waals surface area contributed by atoms with E-state index in [0.717, 1.165) is 12.4 Å². The molecule has 110 valence electrons. The Morgan fingerprint density at radius 2 is 1.85 bits per heavy atom. The van der Waals surface area contributed by atoms with Gasteiger partial charge in [-0.15, -0.1) is 0 Å². The van der Waals surface area contributed by atoms with Crippen molar-refractivity contribution in [1.29, 1.82) is 0 Å². The highest BCUT2D eigenvalue weighted by molar-refractivity contribution is 9.10. The molecule has 0 saturated heterocycles. The summed E-state index contributed by atoms with van der Waals surface area (Å²) in [5.74, 6) is -4.29. The molecule has 2 aromatic heterocycles. The molecule has 0 radical (unpaired) electrons. The summed E-state index contributed by atoms with van der Waals surface area (Å²) in [4.78, 5) is 7.63. The van der Waals surface area contributed by atoms with E-state index in [2.05, 4.69) is 25.9 Å². The van der Waals surface area contributed by atoms with Gasteiger partial charge < -0.3 is 0 Å². The Kier molecular flexibility index (Phi) is 3.56. The van der Waals surface area contributed by atoms with Crippen LogP contribution in [0.5, 0.6) is 0 Å². The average Bonchev–Trinajstić information content (AvgIpc) is 2.66. The summed E-state index contributed by atoms with van der Waals surface area (Å²) in [6.45, 7) is 5.71. The molecule has 0 amide bonds. The molecule has 3 nitrogen and oxygen atoms in total. The normalized spacial score (nSPS) is 13.4. The first-order valence-corrected chi connectivity index (χ1v) is 6.55. The van der Waals surface area contributed by atoms with E-state index in [4.69, 9.17) is 0 Å². The molecular weight excluding hydrogens is 342 g/mol. The second-order valence-electron chi connectivity index (χ2n) is 5.43. The minimum Gasteiger partial charge on any atom is -0.277 e. The van der Waals surface area contributed by atoms with E-state index >= 15 is 0 Å². The number of nitrogens with zero attached hydrogens (tertiary/aromatic N) is 3. The first-order valence-electron chi connectivity index (χ1n) is 5.75. The third-order valence-electron chi connectivity index (χ3n) is 2.78. The van der Waals surface area contributed by atoms with Crippen molar-refractivity contribution in [3.05, 3.63) is 28.4 Å². The minimum absolute atomic E-state index is 0.145. The standard InChI is InChI=1S/C12H12BrF4N3/c1-11(2,3)8-9(13)20-5-18-6(4-7(20)19-8)12(16,17)10(14)15/h4-5,10H,1-3H3. The van der Waals surface area contributed by atoms with Gasteiger partial charge in [0.05, 0.1) is 5.69 Å². The summed E-state index contributed by atoms with van der Waals surface area (Å²) in [6, 6.07) is 0.881. The number of fused-ring (bicyclic) bond motifs is 1. The topological polar surface area (TPSA) is 30.2 Å². The summed E-state index contributed by atoms with van der Waals surface area (Å²) in [6.07, 6.45) is -2.74. The summed E-state index contributed by atoms with van der Waals surface area (Å²) in [5, 5.41) is 0. The van der Waals surface area contributed by atoms with Crippen molar-refractivity contribution in [3.63, 3.8) is 0 Å². The van der Waals surface area contributed by atoms with E-state index in [0.29, 0.717) is 10.3 Å². The molecule has 2 rings (SSSR count). The smallest absolute Gasteiger partial charge is 0.277 e. The van der Waals surface area contributed by atoms with Gasteiger partial charge in [0.1, 0.15) is 22.3 Å². The maximum Gasteiger partial charge on any atom is 0.349 e. The van der Waals surface area contributed by atoms with Crippen molar-refractivity contribution in [1.82, 2.24) is 14.4 Å². The van der Waals surface area contributed by atoms with Gasteiger partial charge in [-0.25, -0.2) is 18.7 Å². The van der Waals surface area contributed by atoms with Crippen LogP contribution in [0.2, 0.25) is 0 Å². The molecule has 2 aromatic rings. The number of halogens is 5. The summed E-state index contributed by atoms with van der Waals surface area (Å²) < 4.78 is 53.3. The highest BCUT2D eigenvalue weighted by Crippen LogP contribution is 2.35. The highest BCUT2D eigenvalue weighted by Gasteiger charge is 2.44. The molecule has 0 bridgehead atoms. The maximum atomic E-state index is 13.3. The lowest BCUT2D eigenvalue weighted by molar-refractivity contribution is -0.138. The molecule has 0 unspecified atom stereocenters. The van der Waals surface area contributed by atoms with E-state index in [1.165, 1.54) is 4.40 Å². The van der Waals surface area contributed by atoms with Gasteiger partial charge >= 0.3 is 12.3 Å². The van der Waals surface area contributed by atoms with Crippen LogP contribution < -0.4 is 0 Å². The van der Waals surface area contributed by atoms with Gasteiger partial charge in [-0.2, -0.15) is 8.78 Å². The second kappa shape index (κ2) is 4.68. The van der Waals surface area contributed by atoms with Crippen LogP contribution >= 0.6 is 15.9 Å². The van der Waals surface area contributed by atoms with E-state index in [1.54, 1.807) is 0 Å². The first kappa shape index (κ1) is 15.2. The Morgan fingerprint density at radius 1 is 1.25 bits per heavy atom. The number of alkyl halides is 4. The lowest BCUT2D eigenvalue weighted by Gasteiger charge is -2.15. The fourth-order valence-electron chi connectivity index (χ4n) is 1.69. The third kappa shape index (κ3) is 2.41. The number of aromatic nitrogens is 3. The summed E-state index contributed by atoms with van der Waals surface area (Å²) in [7, 11) is 0. The van der Waals surface area contributed by atoms with Crippen molar-refractivity contribution in [2.45, 2.75) is 38.5 Å². The van der Waals surface area contributed by atoms with Crippen LogP contribution in [0.1, 0.15) is 32.2 Å². The van der Waals surface area contributed by atoms with E-state index in [9.17, 15) is 17.6 Å². The lowest BCUT2D eigenvalue weighted by atomic mass is 9.93. The fourth-order valence-corrected chi connectivity index (χ4v) is 2.65. The molecule has 0 N–H and O–H groups in total. The molecule has 8 heteroatoms. The molecule has 0 fully saturated rings. The van der Waals surface area contributed by atoms with Crippen molar-refractivity contribution in [2.24, 2.45) is 0 Å². The van der Waals surface area contributed by atoms with Gasteiger partial charge in [0.25, 0.3) is 0 Å². The van der Waals surface area contributed by atoms with Crippen LogP contribution in [0.4, 0.5) is 17.6 Å². The maximum absolute atomic E-state index is 13.3. The zero-order valence-corrected chi connectivity index (χ0v) is 12.5. The largest absolute Gasteiger partial charge is 0.349 e. The molecule has 0 aromatic carbocycles. The molecule has 0 aliphatic carbocycles. The van der Waals surface area contributed by atoms with Crippen molar-refractivity contribution >= 4 is 21.6 Å². The lowest BCUT2D eigenvalue weighted by Crippen LogP contribution is -2.25. The van der Waals surface area contributed by atoms with E-state index in [1.807, 2.05) is 20.8 Å². The van der Waals surface area contributed by atoms with Crippen LogP contribution in [-0.4, -0.2) is 20.8 Å². The highest BCUT2D eigenvalue weighted by atomic mass is 79.9. The Balaban J connectivity index is 2.62. The summed E-state index contributed by atoms with van der Waals surface area (Å²) in [5.41, 5.74) is -0.530. The van der Waals surface area contributed by atoms with Crippen molar-refractivity contribution in [2.75, 3.05) is 0 Å². The average molecular weight is 354 g/mol. The number of hydrogen-bond acceptors (Lipinski definition) is 2. The SMILES string of the molecule is CC(C)(C)c1nc2cc(C(F)(F)C(F)F)ncn2c1Br. The monoisotopic (exact) mass is 353 g/mol. The van der Waals surface area contributed by atoms with Crippen molar-refractivity contribution < 1.29 is 17.6 Å². The minimum atomic E-state index is -4.29. The van der Waals surface area contributed by atoms with E-state index in [-0.39, 0.29) is 11.1 Å². The zero-order chi connectivity index (χ0) is 15.3. The van der Waals surface area contributed by atoms with Gasteiger partial charge in [0.2, 0.25) is 0 Å². The Bertz CT molecular complexity index is 646. The van der Waals surface area contributed by atoms with Crippen LogP contribution in [0.25, 0.3) is 5.65 Å². The van der Waals surface area contributed by atoms with Gasteiger partial charge in [-0.1, -0.05) is 20.8 Å². The van der Waals surface area contributed by atoms with Crippen LogP contribution in [0.3, 0.4) is 0 Å². The molecule has 0 atom stereocenters. The van der Waals surface area contributed by atoms with Gasteiger partial charge in [0.15, 0.2) is 0 Å². The first-order chi connectivity index (χ1) is 9.05. The molecule has 0 saturated carbocycles. The predicted molar refractivity (Wildman–Crippen MR) is 69.3 cm³/mol. The predicted octanol–water partition coefficient (Wildman–Crippen LogP) is 4.15. The summed E-state index contributed by atoms with van der Waals surface area (Å²) >= 11 is 3.32. The van der Waals surface area contributed by atoms with Gasteiger partial charge in [-0.05, 0) is 15.9 Å². The molecule has 2 heterocycles. The van der Waals surface area contributed by atoms with Gasteiger partial charge in [-0.3, -0.25) is 4.40 Å². The molecule has 0 aliphatic heterocycles. The van der Waals surface area contributed by atoms with Gasteiger partial charge in [0, 0.05) is 11.5 Å². The van der Waals surface area contributed by atoms with Crippen LogP contribution in [0, 0.1) is 0 Å². The Labute approximate surface area is 121 Å². The molecule has 0 spiro atoms. The Hall–Kier alpha value is -1.18. The molecule has 20 heavy (non-hydrogen) atoms. The second-order valence-corrected chi connectivity index (χ2v) is 6.18. The molecule has 0 aliphatic rings. The fraction of sp³-hybridized carbons (Fsp3) is 0.500. The van der Waals surface area contributed by atoms with Crippen LogP contribution in [-0.2, 0) is 11.3 Å². The van der Waals surface area contributed by atoms with Crippen LogP contribution in [0.15, 0.2) is 17.0 Å². The number of rotatable bonds is 2. The van der Waals surface area contributed by atoms with E-state index < -0.39 is 18.0 Å². The zero-order valence-electron chi connectivity index (χ0n) is 11.0. The molecular formula is C12H12BrF4N3. The number of imidazole rings is 1. The quantitative estimate of drug-likeness (QED) is 0.759. The van der Waals surface area contributed by atoms with Crippen molar-refractivity contribution in [3.8, 4) is 0 Å².